The molecular formula is C24H34N2O6. The number of hydrogen-bond donors (Lipinski definition) is 0. The van der Waals surface area contributed by atoms with Gasteiger partial charge in [-0.05, 0) is 63.6 Å². The Balaban J connectivity index is 1.45. The van der Waals surface area contributed by atoms with Crippen LogP contribution in [0.25, 0.3) is 0 Å². The summed E-state index contributed by atoms with van der Waals surface area (Å²) in [5.74, 6) is 0.879. The Bertz CT molecular complexity index is 789. The first kappa shape index (κ1) is 22.9. The number of rotatable bonds is 7. The zero-order valence-electron chi connectivity index (χ0n) is 18.9. The van der Waals surface area contributed by atoms with Crippen LogP contribution in [0, 0.1) is 0 Å². The normalized spacial score (nSPS) is 22.1. The highest BCUT2D eigenvalue weighted by Crippen LogP contribution is 2.31. The maximum atomic E-state index is 13.4. The molecule has 176 valence electrons. The molecule has 8 heteroatoms. The Labute approximate surface area is 189 Å². The molecule has 3 aliphatic rings. The average Bonchev–Trinajstić information content (AvgIpc) is 3.38. The van der Waals surface area contributed by atoms with E-state index in [0.717, 1.165) is 45.2 Å². The summed E-state index contributed by atoms with van der Waals surface area (Å²) in [5, 5.41) is 0. The van der Waals surface area contributed by atoms with Crippen LogP contribution < -0.4 is 9.47 Å². The summed E-state index contributed by atoms with van der Waals surface area (Å²) in [5.41, 5.74) is 0.535. The molecule has 1 aromatic carbocycles. The van der Waals surface area contributed by atoms with E-state index in [1.807, 2.05) is 16.7 Å². The molecule has 3 heterocycles. The smallest absolute Gasteiger partial charge is 0.260 e. The molecule has 0 aliphatic carbocycles. The van der Waals surface area contributed by atoms with Crippen LogP contribution in [-0.2, 0) is 14.3 Å². The van der Waals surface area contributed by atoms with Crippen LogP contribution >= 0.6 is 0 Å². The molecule has 8 nitrogen and oxygen atoms in total. The minimum atomic E-state index is -0.353. The standard InChI is InChI=1S/C24H34N2O6/c1-2-29-21-16-18(9-10-20(21)32-17-22(27)25-11-5-3-6-12-25)23(28)26-13-7-4-8-19(26)24-30-14-15-31-24/h9-10,16,19,24H,2-8,11-15,17H2,1H3. The third-order valence-electron chi connectivity index (χ3n) is 6.32. The number of hydrogen-bond acceptors (Lipinski definition) is 6. The molecule has 1 aromatic rings. The topological polar surface area (TPSA) is 77.5 Å². The second-order valence-corrected chi connectivity index (χ2v) is 8.50. The van der Waals surface area contributed by atoms with Crippen molar-refractivity contribution in [3.05, 3.63) is 23.8 Å². The Kier molecular flexibility index (Phi) is 7.86. The molecule has 3 aliphatic heterocycles. The lowest BCUT2D eigenvalue weighted by Crippen LogP contribution is -2.50. The maximum Gasteiger partial charge on any atom is 0.260 e. The molecule has 0 spiro atoms. The van der Waals surface area contributed by atoms with Crippen LogP contribution in [-0.4, -0.2) is 80.0 Å². The van der Waals surface area contributed by atoms with Crippen molar-refractivity contribution >= 4 is 11.8 Å². The molecule has 1 atom stereocenters. The predicted octanol–water partition coefficient (Wildman–Crippen LogP) is 2.84. The van der Waals surface area contributed by atoms with Crippen molar-refractivity contribution in [2.24, 2.45) is 0 Å². The Morgan fingerprint density at radius 3 is 2.47 bits per heavy atom. The number of carbonyl (C=O) groups excluding carboxylic acids is 2. The van der Waals surface area contributed by atoms with Gasteiger partial charge in [-0.25, -0.2) is 0 Å². The summed E-state index contributed by atoms with van der Waals surface area (Å²) < 4.78 is 23.0. The second-order valence-electron chi connectivity index (χ2n) is 8.50. The second kappa shape index (κ2) is 11.0. The van der Waals surface area contributed by atoms with Crippen LogP contribution in [0.2, 0.25) is 0 Å². The van der Waals surface area contributed by atoms with Crippen LogP contribution in [0.4, 0.5) is 0 Å². The number of nitrogens with zero attached hydrogens (tertiary/aromatic N) is 2. The Morgan fingerprint density at radius 1 is 0.969 bits per heavy atom. The summed E-state index contributed by atoms with van der Waals surface area (Å²) in [6.07, 6.45) is 5.80. The molecule has 2 amide bonds. The third kappa shape index (κ3) is 5.35. The summed E-state index contributed by atoms with van der Waals surface area (Å²) in [6.45, 7) is 5.69. The van der Waals surface area contributed by atoms with Gasteiger partial charge in [0, 0.05) is 25.2 Å². The van der Waals surface area contributed by atoms with E-state index in [0.29, 0.717) is 43.4 Å². The molecule has 0 bridgehead atoms. The van der Waals surface area contributed by atoms with Gasteiger partial charge in [0.25, 0.3) is 11.8 Å². The van der Waals surface area contributed by atoms with Crippen molar-refractivity contribution < 1.29 is 28.5 Å². The first-order valence-electron chi connectivity index (χ1n) is 11.9. The number of piperidine rings is 2. The zero-order valence-corrected chi connectivity index (χ0v) is 18.9. The van der Waals surface area contributed by atoms with Gasteiger partial charge in [0.1, 0.15) is 0 Å². The fourth-order valence-electron chi connectivity index (χ4n) is 4.66. The van der Waals surface area contributed by atoms with Gasteiger partial charge in [0.05, 0.1) is 25.9 Å². The van der Waals surface area contributed by atoms with E-state index >= 15 is 0 Å². The highest BCUT2D eigenvalue weighted by Gasteiger charge is 2.36. The molecule has 32 heavy (non-hydrogen) atoms. The lowest BCUT2D eigenvalue weighted by Gasteiger charge is -2.38. The fraction of sp³-hybridized carbons (Fsp3) is 0.667. The third-order valence-corrected chi connectivity index (χ3v) is 6.32. The molecule has 0 radical (unpaired) electrons. The van der Waals surface area contributed by atoms with Gasteiger partial charge in [-0.3, -0.25) is 9.59 Å². The average molecular weight is 447 g/mol. The van der Waals surface area contributed by atoms with Crippen LogP contribution in [0.5, 0.6) is 11.5 Å². The molecule has 0 N–H and O–H groups in total. The van der Waals surface area contributed by atoms with E-state index in [9.17, 15) is 9.59 Å². The molecular weight excluding hydrogens is 412 g/mol. The van der Waals surface area contributed by atoms with E-state index in [4.69, 9.17) is 18.9 Å². The number of ether oxygens (including phenoxy) is 4. The number of amides is 2. The SMILES string of the molecule is CCOc1cc(C(=O)N2CCCCC2C2OCCO2)ccc1OCC(=O)N1CCCCC1. The Hall–Kier alpha value is -2.32. The van der Waals surface area contributed by atoms with Crippen molar-refractivity contribution in [1.29, 1.82) is 0 Å². The van der Waals surface area contributed by atoms with E-state index in [-0.39, 0.29) is 30.8 Å². The van der Waals surface area contributed by atoms with Crippen LogP contribution in [0.15, 0.2) is 18.2 Å². The van der Waals surface area contributed by atoms with Gasteiger partial charge in [-0.15, -0.1) is 0 Å². The van der Waals surface area contributed by atoms with Gasteiger partial charge >= 0.3 is 0 Å². The van der Waals surface area contributed by atoms with Crippen LogP contribution in [0.1, 0.15) is 55.8 Å². The van der Waals surface area contributed by atoms with Crippen molar-refractivity contribution in [3.63, 3.8) is 0 Å². The van der Waals surface area contributed by atoms with Crippen molar-refractivity contribution in [2.75, 3.05) is 46.1 Å². The van der Waals surface area contributed by atoms with Gasteiger partial charge in [0.15, 0.2) is 24.4 Å². The zero-order chi connectivity index (χ0) is 22.3. The predicted molar refractivity (Wildman–Crippen MR) is 118 cm³/mol. The monoisotopic (exact) mass is 446 g/mol. The number of carbonyl (C=O) groups is 2. The van der Waals surface area contributed by atoms with Crippen molar-refractivity contribution in [2.45, 2.75) is 57.8 Å². The van der Waals surface area contributed by atoms with Crippen molar-refractivity contribution in [1.82, 2.24) is 9.80 Å². The largest absolute Gasteiger partial charge is 0.490 e. The number of benzene rings is 1. The molecule has 0 aromatic heterocycles. The van der Waals surface area contributed by atoms with E-state index < -0.39 is 0 Å². The highest BCUT2D eigenvalue weighted by atomic mass is 16.7. The van der Waals surface area contributed by atoms with Gasteiger partial charge < -0.3 is 28.7 Å². The molecule has 4 rings (SSSR count). The van der Waals surface area contributed by atoms with Gasteiger partial charge in [-0.2, -0.15) is 0 Å². The molecule has 0 saturated carbocycles. The minimum absolute atomic E-state index is 0.0139. The van der Waals surface area contributed by atoms with E-state index in [1.54, 1.807) is 18.2 Å². The fourth-order valence-corrected chi connectivity index (χ4v) is 4.66. The number of likely N-dealkylation sites (tertiary alicyclic amines) is 2. The Morgan fingerprint density at radius 2 is 1.72 bits per heavy atom. The molecule has 1 unspecified atom stereocenters. The maximum absolute atomic E-state index is 13.4. The van der Waals surface area contributed by atoms with Gasteiger partial charge in [0.2, 0.25) is 0 Å². The summed E-state index contributed by atoms with van der Waals surface area (Å²) >= 11 is 0. The molecule has 3 fully saturated rings. The van der Waals surface area contributed by atoms with Gasteiger partial charge in [-0.1, -0.05) is 0 Å². The van der Waals surface area contributed by atoms with Crippen LogP contribution in [0.3, 0.4) is 0 Å². The summed E-state index contributed by atoms with van der Waals surface area (Å²) in [7, 11) is 0. The highest BCUT2D eigenvalue weighted by molar-refractivity contribution is 5.95. The quantitative estimate of drug-likeness (QED) is 0.641. The van der Waals surface area contributed by atoms with E-state index in [1.165, 1.54) is 6.42 Å². The first-order chi connectivity index (χ1) is 15.7. The lowest BCUT2D eigenvalue weighted by atomic mass is 10.00. The van der Waals surface area contributed by atoms with E-state index in [2.05, 4.69) is 0 Å². The first-order valence-corrected chi connectivity index (χ1v) is 11.9. The lowest BCUT2D eigenvalue weighted by molar-refractivity contribution is -0.134. The minimum Gasteiger partial charge on any atom is -0.490 e. The summed E-state index contributed by atoms with van der Waals surface area (Å²) in [4.78, 5) is 29.5. The summed E-state index contributed by atoms with van der Waals surface area (Å²) in [6, 6.07) is 5.11. The van der Waals surface area contributed by atoms with Crippen molar-refractivity contribution in [3.8, 4) is 11.5 Å². The molecule has 3 saturated heterocycles.